The highest BCUT2D eigenvalue weighted by Crippen LogP contribution is 2.22. The average Bonchev–Trinajstić information content (AvgIpc) is 2.07. The van der Waals surface area contributed by atoms with Crippen molar-refractivity contribution in [1.82, 2.24) is 0 Å². The second-order valence-electron chi connectivity index (χ2n) is 3.12. The van der Waals surface area contributed by atoms with Crippen molar-refractivity contribution in [2.75, 3.05) is 6.54 Å². The number of fused-ring (bicyclic) bond motifs is 1. The topological polar surface area (TPSA) is 32.6 Å². The summed E-state index contributed by atoms with van der Waals surface area (Å²) >= 11 is 0. The van der Waals surface area contributed by atoms with Gasteiger partial charge in [0.05, 0.1) is 0 Å². The number of rotatable bonds is 0. The molecule has 0 radical (unpaired) electrons. The third-order valence-corrected chi connectivity index (χ3v) is 2.20. The highest BCUT2D eigenvalue weighted by molar-refractivity contribution is 5.83. The Balaban J connectivity index is 2.58. The van der Waals surface area contributed by atoms with Crippen LogP contribution in [0.25, 0.3) is 0 Å². The number of phenols is 1. The Kier molecular flexibility index (Phi) is 1.61. The first-order chi connectivity index (χ1) is 5.77. The van der Waals surface area contributed by atoms with E-state index in [0.29, 0.717) is 5.75 Å². The number of aromatic hydroxyl groups is 1. The quantitative estimate of drug-likeness (QED) is 0.616. The molecule has 2 heteroatoms. The maximum absolute atomic E-state index is 9.43. The summed E-state index contributed by atoms with van der Waals surface area (Å²) in [5.74, 6) is 0.393. The average molecular weight is 161 g/mol. The highest BCUT2D eigenvalue weighted by Gasteiger charge is 2.07. The van der Waals surface area contributed by atoms with E-state index in [4.69, 9.17) is 0 Å². The Morgan fingerprint density at radius 1 is 1.42 bits per heavy atom. The fraction of sp³-hybridized carbons (Fsp3) is 0.300. The van der Waals surface area contributed by atoms with Crippen LogP contribution in [0.15, 0.2) is 17.1 Å². The van der Waals surface area contributed by atoms with Gasteiger partial charge in [0, 0.05) is 12.8 Å². The molecule has 1 aliphatic heterocycles. The Bertz CT molecular complexity index is 342. The second kappa shape index (κ2) is 2.63. The molecule has 12 heavy (non-hydrogen) atoms. The summed E-state index contributed by atoms with van der Waals surface area (Å²) in [5, 5.41) is 9.43. The van der Waals surface area contributed by atoms with Crippen molar-refractivity contribution >= 4 is 6.21 Å². The van der Waals surface area contributed by atoms with Gasteiger partial charge in [-0.25, -0.2) is 0 Å². The van der Waals surface area contributed by atoms with Crippen LogP contribution in [0.4, 0.5) is 0 Å². The van der Waals surface area contributed by atoms with Gasteiger partial charge in [-0.15, -0.1) is 0 Å². The van der Waals surface area contributed by atoms with Crippen molar-refractivity contribution in [2.24, 2.45) is 4.99 Å². The Hall–Kier alpha value is -1.31. The van der Waals surface area contributed by atoms with E-state index in [0.717, 1.165) is 24.1 Å². The molecule has 0 spiro atoms. The lowest BCUT2D eigenvalue weighted by molar-refractivity contribution is 0.470. The molecule has 1 aliphatic rings. The monoisotopic (exact) mass is 161 g/mol. The first-order valence-electron chi connectivity index (χ1n) is 4.09. The van der Waals surface area contributed by atoms with E-state index in [9.17, 15) is 5.11 Å². The van der Waals surface area contributed by atoms with Gasteiger partial charge in [0.1, 0.15) is 5.75 Å². The third-order valence-electron chi connectivity index (χ3n) is 2.20. The molecular formula is C10H11NO. The molecule has 0 atom stereocenters. The van der Waals surface area contributed by atoms with Crippen LogP contribution in [-0.4, -0.2) is 17.9 Å². The number of aryl methyl sites for hydroxylation is 1. The molecule has 1 aromatic carbocycles. The summed E-state index contributed by atoms with van der Waals surface area (Å²) in [5.41, 5.74) is 3.27. The van der Waals surface area contributed by atoms with Crippen LogP contribution in [-0.2, 0) is 6.42 Å². The Morgan fingerprint density at radius 2 is 2.25 bits per heavy atom. The van der Waals surface area contributed by atoms with Crippen LogP contribution < -0.4 is 0 Å². The molecule has 1 N–H and O–H groups in total. The van der Waals surface area contributed by atoms with Crippen molar-refractivity contribution in [3.63, 3.8) is 0 Å². The van der Waals surface area contributed by atoms with Gasteiger partial charge in [-0.2, -0.15) is 0 Å². The molecular weight excluding hydrogens is 150 g/mol. The second-order valence-corrected chi connectivity index (χ2v) is 3.12. The highest BCUT2D eigenvalue weighted by atomic mass is 16.3. The standard InChI is InChI=1S/C10H11NO/c1-7-4-9-6-11-3-2-8(9)5-10(7)12/h4-6,12H,2-3H2,1H3. The van der Waals surface area contributed by atoms with E-state index in [1.54, 1.807) is 0 Å². The summed E-state index contributed by atoms with van der Waals surface area (Å²) < 4.78 is 0. The number of hydrogen-bond donors (Lipinski definition) is 1. The third kappa shape index (κ3) is 1.09. The van der Waals surface area contributed by atoms with E-state index in [-0.39, 0.29) is 0 Å². The minimum Gasteiger partial charge on any atom is -0.508 e. The van der Waals surface area contributed by atoms with Crippen LogP contribution in [0.1, 0.15) is 16.7 Å². The van der Waals surface area contributed by atoms with Gasteiger partial charge >= 0.3 is 0 Å². The normalized spacial score (nSPS) is 14.4. The number of benzene rings is 1. The van der Waals surface area contributed by atoms with E-state index in [1.165, 1.54) is 5.56 Å². The van der Waals surface area contributed by atoms with E-state index < -0.39 is 0 Å². The molecule has 0 unspecified atom stereocenters. The Labute approximate surface area is 71.6 Å². The van der Waals surface area contributed by atoms with Gasteiger partial charge in [0.15, 0.2) is 0 Å². The fourth-order valence-corrected chi connectivity index (χ4v) is 1.45. The summed E-state index contributed by atoms with van der Waals surface area (Å²) in [6, 6.07) is 3.82. The number of phenolic OH excluding ortho intramolecular Hbond substituents is 1. The van der Waals surface area contributed by atoms with Crippen LogP contribution >= 0.6 is 0 Å². The van der Waals surface area contributed by atoms with Gasteiger partial charge in [-0.1, -0.05) is 0 Å². The van der Waals surface area contributed by atoms with Crippen molar-refractivity contribution in [2.45, 2.75) is 13.3 Å². The molecule has 0 saturated heterocycles. The molecule has 1 heterocycles. The van der Waals surface area contributed by atoms with Gasteiger partial charge in [-0.05, 0) is 42.2 Å². The minimum absolute atomic E-state index is 0.393. The predicted octanol–water partition coefficient (Wildman–Crippen LogP) is 1.68. The van der Waals surface area contributed by atoms with Crippen molar-refractivity contribution < 1.29 is 5.11 Å². The summed E-state index contributed by atoms with van der Waals surface area (Å²) in [7, 11) is 0. The zero-order chi connectivity index (χ0) is 8.55. The summed E-state index contributed by atoms with van der Waals surface area (Å²) in [6.07, 6.45) is 2.82. The molecule has 0 aromatic heterocycles. The maximum atomic E-state index is 9.43. The van der Waals surface area contributed by atoms with Gasteiger partial charge in [0.25, 0.3) is 0 Å². The van der Waals surface area contributed by atoms with Crippen molar-refractivity contribution in [3.05, 3.63) is 28.8 Å². The Morgan fingerprint density at radius 3 is 3.08 bits per heavy atom. The van der Waals surface area contributed by atoms with Gasteiger partial charge in [0.2, 0.25) is 0 Å². The lowest BCUT2D eigenvalue weighted by Crippen LogP contribution is -2.02. The molecule has 62 valence electrons. The molecule has 0 bridgehead atoms. The molecule has 0 aliphatic carbocycles. The molecule has 0 amide bonds. The fourth-order valence-electron chi connectivity index (χ4n) is 1.45. The van der Waals surface area contributed by atoms with Crippen molar-refractivity contribution in [3.8, 4) is 5.75 Å². The largest absolute Gasteiger partial charge is 0.508 e. The zero-order valence-corrected chi connectivity index (χ0v) is 7.04. The van der Waals surface area contributed by atoms with E-state index >= 15 is 0 Å². The number of hydrogen-bond acceptors (Lipinski definition) is 2. The summed E-state index contributed by atoms with van der Waals surface area (Å²) in [4.78, 5) is 4.18. The number of nitrogens with zero attached hydrogens (tertiary/aromatic N) is 1. The molecule has 2 rings (SSSR count). The van der Waals surface area contributed by atoms with Crippen molar-refractivity contribution in [1.29, 1.82) is 0 Å². The van der Waals surface area contributed by atoms with Crippen LogP contribution in [0, 0.1) is 6.92 Å². The smallest absolute Gasteiger partial charge is 0.118 e. The summed E-state index contributed by atoms with van der Waals surface area (Å²) in [6.45, 7) is 2.74. The van der Waals surface area contributed by atoms with E-state index in [1.807, 2.05) is 25.3 Å². The lowest BCUT2D eigenvalue weighted by Gasteiger charge is -2.11. The zero-order valence-electron chi connectivity index (χ0n) is 7.04. The molecule has 0 saturated carbocycles. The van der Waals surface area contributed by atoms with Crippen LogP contribution in [0.2, 0.25) is 0 Å². The minimum atomic E-state index is 0.393. The number of aliphatic imine (C=N–C) groups is 1. The lowest BCUT2D eigenvalue weighted by atomic mass is 10.00. The van der Waals surface area contributed by atoms with Crippen LogP contribution in [0.5, 0.6) is 5.75 Å². The predicted molar refractivity (Wildman–Crippen MR) is 49.0 cm³/mol. The van der Waals surface area contributed by atoms with Crippen LogP contribution in [0.3, 0.4) is 0 Å². The molecule has 2 nitrogen and oxygen atoms in total. The van der Waals surface area contributed by atoms with Gasteiger partial charge in [-0.3, -0.25) is 4.99 Å². The molecule has 0 fully saturated rings. The van der Waals surface area contributed by atoms with Gasteiger partial charge < -0.3 is 5.11 Å². The first kappa shape index (κ1) is 7.35. The SMILES string of the molecule is Cc1cc2c(cc1O)CCN=C2. The first-order valence-corrected chi connectivity index (χ1v) is 4.09. The van der Waals surface area contributed by atoms with E-state index in [2.05, 4.69) is 4.99 Å². The molecule has 1 aromatic rings. The maximum Gasteiger partial charge on any atom is 0.118 e.